The van der Waals surface area contributed by atoms with Gasteiger partial charge in [0, 0.05) is 119 Å². The Morgan fingerprint density at radius 1 is 0.294 bits per heavy atom. The number of rotatable bonds is 22. The third-order valence-electron chi connectivity index (χ3n) is 17.8. The number of anilines is 5. The second-order valence-corrected chi connectivity index (χ2v) is 29.7. The van der Waals surface area contributed by atoms with Gasteiger partial charge in [0.2, 0.25) is 5.88 Å². The Hall–Kier alpha value is -15.7. The topological polar surface area (TPSA) is 371 Å². The van der Waals surface area contributed by atoms with Crippen LogP contribution in [0.5, 0.6) is 5.88 Å². The minimum absolute atomic E-state index is 0.159. The van der Waals surface area contributed by atoms with Gasteiger partial charge in [-0.15, -0.1) is 0 Å². The summed E-state index contributed by atoms with van der Waals surface area (Å²) in [5.41, 5.74) is 12.0. The number of carbonyl (C=O) groups excluding carboxylic acids is 8. The number of nitrogens with zero attached hydrogens (tertiary/aromatic N) is 10. The van der Waals surface area contributed by atoms with E-state index in [0.29, 0.717) is 129 Å². The fourth-order valence-electron chi connectivity index (χ4n) is 11.6. The summed E-state index contributed by atoms with van der Waals surface area (Å²) < 4.78 is 4.99. The average Bonchev–Trinajstić information content (AvgIpc) is 0.833. The number of nitrogens with one attached hydrogen (secondary N) is 8. The summed E-state index contributed by atoms with van der Waals surface area (Å²) in [4.78, 5) is 141. The smallest absolute Gasteiger partial charge is 0.274 e. The maximum atomic E-state index is 12.7. The molecule has 0 atom stereocenters. The van der Waals surface area contributed by atoms with Crippen molar-refractivity contribution in [1.29, 1.82) is 0 Å². The molecule has 10 aromatic heterocycles. The van der Waals surface area contributed by atoms with E-state index in [9.17, 15) is 38.4 Å². The fourth-order valence-corrected chi connectivity index (χ4v) is 12.4. The predicted molar refractivity (Wildman–Crippen MR) is 486 cm³/mol. The van der Waals surface area contributed by atoms with Crippen molar-refractivity contribution < 1.29 is 43.1 Å². The predicted octanol–water partition coefficient (Wildman–Crippen LogP) is 18.6. The molecule has 5 aromatic carbocycles. The molecule has 15 aromatic rings. The molecule has 10 heterocycles. The number of methoxy groups -OCH3 is 1. The summed E-state index contributed by atoms with van der Waals surface area (Å²) in [6, 6.07) is 73.4. The van der Waals surface area contributed by atoms with Crippen molar-refractivity contribution in [2.45, 2.75) is 39.4 Å². The van der Waals surface area contributed by atoms with Gasteiger partial charge in [-0.3, -0.25) is 83.2 Å². The van der Waals surface area contributed by atoms with E-state index in [0.717, 1.165) is 16.8 Å². The number of amides is 8. The van der Waals surface area contributed by atoms with Crippen LogP contribution in [0, 0.1) is 0 Å². The van der Waals surface area contributed by atoms with Crippen molar-refractivity contribution in [2.24, 2.45) is 0 Å². The molecule has 0 fully saturated rings. The molecule has 0 radical (unpaired) electrons. The molecule has 126 heavy (non-hydrogen) atoms. The molecule has 628 valence electrons. The quantitative estimate of drug-likeness (QED) is 0.0312. The Labute approximate surface area is 743 Å². The normalized spacial score (nSPS) is 10.5. The lowest BCUT2D eigenvalue weighted by molar-refractivity contribution is 0.0909. The van der Waals surface area contributed by atoms with Crippen LogP contribution in [0.25, 0.3) is 45.0 Å². The zero-order valence-corrected chi connectivity index (χ0v) is 70.6. The zero-order valence-electron chi connectivity index (χ0n) is 67.6. The van der Waals surface area contributed by atoms with E-state index in [1.807, 2.05) is 136 Å². The Bertz CT molecular complexity index is 6110. The molecular formula is C95H76Cl4N18O9. The van der Waals surface area contributed by atoms with E-state index in [4.69, 9.17) is 51.1 Å². The summed E-state index contributed by atoms with van der Waals surface area (Å²) in [7, 11) is 1.51. The van der Waals surface area contributed by atoms with Crippen LogP contribution in [-0.2, 0) is 13.1 Å². The SMILES string of the molecule is CC(C)(C)NC(=O)c1ccc(C(=O)Nc2ccc(Cl)c(-c3ccccn3)c2)cn1.COc1ccc(NC(=O)c2ccc(C(=O)Nc3ccc(Cl)c(-c4ccccn4)c3)cn2)cn1.O=C(Nc1ccc(Cl)c(-c2ccccn2)c1)c1ccc(C(=O)NCc2ccccc2)nc1.O=C(Nc1ccc(Cl)c(-c2ccccn2)c1)c1ccc(C(=O)NCc2ccccn2)nc1. The van der Waals surface area contributed by atoms with Gasteiger partial charge in [0.05, 0.1) is 96.4 Å². The highest BCUT2D eigenvalue weighted by Crippen LogP contribution is 2.34. The summed E-state index contributed by atoms with van der Waals surface area (Å²) >= 11 is 25.2. The van der Waals surface area contributed by atoms with Gasteiger partial charge in [0.1, 0.15) is 22.8 Å². The van der Waals surface area contributed by atoms with Crippen molar-refractivity contribution in [3.05, 3.63) is 393 Å². The number of halogens is 4. The Kier molecular flexibility index (Phi) is 31.1. The molecule has 8 N–H and O–H groups in total. The summed E-state index contributed by atoms with van der Waals surface area (Å²) in [6.07, 6.45) is 15.3. The number of hydrogen-bond acceptors (Lipinski definition) is 19. The van der Waals surface area contributed by atoms with Crippen molar-refractivity contribution in [2.75, 3.05) is 33.7 Å². The first kappa shape index (κ1) is 89.6. The number of pyridine rings is 10. The zero-order chi connectivity index (χ0) is 88.9. The monoisotopic (exact) mass is 1750 g/mol. The first-order chi connectivity index (χ1) is 61.0. The van der Waals surface area contributed by atoms with Crippen molar-refractivity contribution in [3.63, 3.8) is 0 Å². The van der Waals surface area contributed by atoms with Crippen LogP contribution in [0.4, 0.5) is 28.4 Å². The summed E-state index contributed by atoms with van der Waals surface area (Å²) in [5, 5.41) is 24.5. The van der Waals surface area contributed by atoms with E-state index in [1.54, 1.807) is 140 Å². The molecule has 27 nitrogen and oxygen atoms in total. The van der Waals surface area contributed by atoms with Gasteiger partial charge in [-0.05, 0) is 214 Å². The first-order valence-electron chi connectivity index (χ1n) is 38.5. The van der Waals surface area contributed by atoms with Gasteiger partial charge < -0.3 is 47.3 Å². The molecular weight excluding hydrogens is 1680 g/mol. The number of aromatic nitrogens is 10. The van der Waals surface area contributed by atoms with Gasteiger partial charge in [-0.25, -0.2) is 4.98 Å². The summed E-state index contributed by atoms with van der Waals surface area (Å²) in [5.74, 6) is -2.34. The van der Waals surface area contributed by atoms with Crippen LogP contribution in [-0.4, -0.2) is 110 Å². The molecule has 8 amide bonds. The second-order valence-electron chi connectivity index (χ2n) is 28.1. The number of carbonyl (C=O) groups is 8. The van der Waals surface area contributed by atoms with Crippen LogP contribution < -0.4 is 47.3 Å². The second kappa shape index (κ2) is 43.7. The first-order valence-corrected chi connectivity index (χ1v) is 40.0. The van der Waals surface area contributed by atoms with Gasteiger partial charge in [-0.1, -0.05) is 107 Å². The maximum Gasteiger partial charge on any atom is 0.274 e. The third kappa shape index (κ3) is 25.9. The van der Waals surface area contributed by atoms with E-state index >= 15 is 0 Å². The van der Waals surface area contributed by atoms with Crippen LogP contribution in [0.1, 0.15) is 115 Å². The molecule has 0 aliphatic carbocycles. The Balaban J connectivity index is 0.000000153. The van der Waals surface area contributed by atoms with Gasteiger partial charge in [0.25, 0.3) is 47.3 Å². The van der Waals surface area contributed by atoms with Gasteiger partial charge in [0.15, 0.2) is 0 Å². The summed E-state index contributed by atoms with van der Waals surface area (Å²) in [6.45, 7) is 6.35. The van der Waals surface area contributed by atoms with Gasteiger partial charge in [-0.2, -0.15) is 0 Å². The highest BCUT2D eigenvalue weighted by molar-refractivity contribution is 6.35. The molecule has 0 saturated carbocycles. The highest BCUT2D eigenvalue weighted by atomic mass is 35.5. The van der Waals surface area contributed by atoms with E-state index < -0.39 is 5.91 Å². The highest BCUT2D eigenvalue weighted by Gasteiger charge is 2.21. The van der Waals surface area contributed by atoms with E-state index in [-0.39, 0.29) is 69.7 Å². The van der Waals surface area contributed by atoms with Crippen LogP contribution >= 0.6 is 46.4 Å². The number of hydrogen-bond donors (Lipinski definition) is 8. The fraction of sp³-hybridized carbons (Fsp3) is 0.0737. The number of ether oxygens (including phenoxy) is 1. The van der Waals surface area contributed by atoms with Gasteiger partial charge >= 0.3 is 0 Å². The molecule has 0 spiro atoms. The van der Waals surface area contributed by atoms with Crippen molar-refractivity contribution in [1.82, 2.24) is 65.8 Å². The molecule has 0 aliphatic heterocycles. The lowest BCUT2D eigenvalue weighted by Crippen LogP contribution is -2.40. The molecule has 0 bridgehead atoms. The lowest BCUT2D eigenvalue weighted by atomic mass is 10.1. The Morgan fingerprint density at radius 3 is 0.913 bits per heavy atom. The minimum atomic E-state index is -0.424. The Morgan fingerprint density at radius 2 is 0.611 bits per heavy atom. The molecule has 15 rings (SSSR count). The number of benzene rings is 5. The van der Waals surface area contributed by atoms with E-state index in [2.05, 4.69) is 92.4 Å². The van der Waals surface area contributed by atoms with Crippen molar-refractivity contribution >= 4 is 122 Å². The maximum absolute atomic E-state index is 12.7. The average molecular weight is 1760 g/mol. The van der Waals surface area contributed by atoms with Crippen molar-refractivity contribution in [3.8, 4) is 50.9 Å². The third-order valence-corrected chi connectivity index (χ3v) is 19.2. The molecule has 0 saturated heterocycles. The van der Waals surface area contributed by atoms with Crippen LogP contribution in [0.15, 0.2) is 317 Å². The lowest BCUT2D eigenvalue weighted by Gasteiger charge is -2.20. The standard InChI is InChI=1S/C25H19ClN4O2.C24H18ClN5O3.C24H18ClN5O2.C22H21ClN4O2/c26-21-11-10-19(14-20(21)22-8-4-5-13-27-22)30-24(31)18-9-12-23(28-16-18)25(32)29-15-17-6-2-1-3-7-17;1-33-22-10-7-17(14-28-22)30-24(32)21-9-5-15(13-27-21)23(31)29-16-6-8-19(25)18(12-16)20-4-2-3-11-26-20;25-20-9-8-17(13-19(20)21-6-2-4-12-27-21)30-23(31)16-7-10-22(28-14-16)24(32)29-15-18-5-1-3-11-26-18;1-22(2,3)27-21(29)19-10-7-14(13-25-19)20(28)26-15-8-9-17(23)16(12-15)18-6-4-5-11-24-18/h1-14,16H,15H2,(H,29,32)(H,30,31);2-14H,1H3,(H,29,31)(H,30,32);1-14H,15H2,(H,29,32)(H,30,31);4-13H,1-3H3,(H,26,28)(H,27,29). The van der Waals surface area contributed by atoms with Crippen LogP contribution in [0.3, 0.4) is 0 Å². The minimum Gasteiger partial charge on any atom is -0.481 e. The van der Waals surface area contributed by atoms with Crippen LogP contribution in [0.2, 0.25) is 20.1 Å². The van der Waals surface area contributed by atoms with E-state index in [1.165, 1.54) is 68.4 Å². The molecule has 31 heteroatoms. The largest absolute Gasteiger partial charge is 0.481 e. The molecule has 0 unspecified atom stereocenters. The molecule has 0 aliphatic rings.